The number of amides is 1. The van der Waals surface area contributed by atoms with E-state index in [0.717, 1.165) is 11.1 Å². The molecule has 2 aromatic carbocycles. The van der Waals surface area contributed by atoms with E-state index in [-0.39, 0.29) is 23.8 Å². The van der Waals surface area contributed by atoms with Gasteiger partial charge >= 0.3 is 0 Å². The number of rotatable bonds is 7. The van der Waals surface area contributed by atoms with Gasteiger partial charge in [-0.15, -0.1) is 0 Å². The number of aliphatic hydroxyl groups is 1. The molecule has 0 radical (unpaired) electrons. The molecule has 2 heterocycles. The van der Waals surface area contributed by atoms with Crippen LogP contribution in [-0.2, 0) is 16.1 Å². The maximum atomic E-state index is 13.3. The zero-order valence-corrected chi connectivity index (χ0v) is 20.5. The van der Waals surface area contributed by atoms with Crippen LogP contribution in [-0.4, -0.2) is 35.9 Å². The van der Waals surface area contributed by atoms with E-state index >= 15 is 0 Å². The Bertz CT molecular complexity index is 1270. The Labute approximate surface area is 204 Å². The lowest BCUT2D eigenvalue weighted by Gasteiger charge is -2.25. The lowest BCUT2D eigenvalue weighted by atomic mass is 9.91. The fourth-order valence-electron chi connectivity index (χ4n) is 4.47. The van der Waals surface area contributed by atoms with Crippen LogP contribution in [0.5, 0.6) is 11.5 Å². The van der Waals surface area contributed by atoms with Crippen LogP contribution in [0.2, 0.25) is 0 Å². The fourth-order valence-corrected chi connectivity index (χ4v) is 4.47. The smallest absolute Gasteiger partial charge is 0.296 e. The van der Waals surface area contributed by atoms with E-state index in [4.69, 9.17) is 13.9 Å². The van der Waals surface area contributed by atoms with Crippen LogP contribution in [0.15, 0.2) is 64.8 Å². The van der Waals surface area contributed by atoms with E-state index in [0.29, 0.717) is 28.4 Å². The minimum Gasteiger partial charge on any atom is -0.507 e. The molecule has 7 nitrogen and oxygen atoms in total. The molecule has 0 bridgehead atoms. The molecule has 1 N–H and O–H groups in total. The average molecular weight is 476 g/mol. The van der Waals surface area contributed by atoms with Crippen LogP contribution in [0.1, 0.15) is 53.8 Å². The number of benzene rings is 2. The van der Waals surface area contributed by atoms with Gasteiger partial charge in [0.1, 0.15) is 23.0 Å². The van der Waals surface area contributed by atoms with Crippen molar-refractivity contribution in [2.75, 3.05) is 14.2 Å². The van der Waals surface area contributed by atoms with Crippen LogP contribution in [0.25, 0.3) is 5.76 Å². The second-order valence-electron chi connectivity index (χ2n) is 8.84. The molecule has 1 atom stereocenters. The molecule has 0 spiro atoms. The van der Waals surface area contributed by atoms with Crippen molar-refractivity contribution in [3.05, 3.63) is 88.4 Å². The van der Waals surface area contributed by atoms with Crippen molar-refractivity contribution in [1.82, 2.24) is 4.90 Å². The van der Waals surface area contributed by atoms with E-state index in [2.05, 4.69) is 0 Å². The number of nitrogens with zero attached hydrogens (tertiary/aromatic N) is 1. The van der Waals surface area contributed by atoms with Crippen molar-refractivity contribution in [1.29, 1.82) is 0 Å². The predicted octanol–water partition coefficient (Wildman–Crippen LogP) is 5.35. The SMILES string of the molecule is COc1ccc(C2/C(=C(\O)c3cc(C(C)C)c(OC)cc3C)C(=O)C(=O)N2Cc2ccco2)cc1. The molecule has 7 heteroatoms. The average Bonchev–Trinajstić information content (AvgIpc) is 3.45. The van der Waals surface area contributed by atoms with Crippen molar-refractivity contribution < 1.29 is 28.6 Å². The molecule has 1 aliphatic heterocycles. The number of ketones is 1. The van der Waals surface area contributed by atoms with E-state index in [9.17, 15) is 14.7 Å². The molecule has 1 amide bonds. The van der Waals surface area contributed by atoms with Crippen molar-refractivity contribution >= 4 is 17.4 Å². The number of ether oxygens (including phenoxy) is 2. The Kier molecular flexibility index (Phi) is 6.69. The molecule has 1 unspecified atom stereocenters. The zero-order chi connectivity index (χ0) is 25.3. The summed E-state index contributed by atoms with van der Waals surface area (Å²) in [6.07, 6.45) is 1.52. The third-order valence-corrected chi connectivity index (χ3v) is 6.33. The summed E-state index contributed by atoms with van der Waals surface area (Å²) in [4.78, 5) is 27.9. The van der Waals surface area contributed by atoms with E-state index in [1.165, 1.54) is 11.2 Å². The monoisotopic (exact) mass is 475 g/mol. The van der Waals surface area contributed by atoms with Crippen molar-refractivity contribution in [2.45, 2.75) is 39.3 Å². The number of carbonyl (C=O) groups is 2. The van der Waals surface area contributed by atoms with Crippen molar-refractivity contribution in [3.63, 3.8) is 0 Å². The van der Waals surface area contributed by atoms with Crippen LogP contribution in [0.3, 0.4) is 0 Å². The largest absolute Gasteiger partial charge is 0.507 e. The second-order valence-corrected chi connectivity index (χ2v) is 8.84. The number of methoxy groups -OCH3 is 2. The molecule has 0 aliphatic carbocycles. The summed E-state index contributed by atoms with van der Waals surface area (Å²) in [6.45, 7) is 5.97. The van der Waals surface area contributed by atoms with Gasteiger partial charge in [-0.2, -0.15) is 0 Å². The third-order valence-electron chi connectivity index (χ3n) is 6.33. The van der Waals surface area contributed by atoms with Gasteiger partial charge in [0.25, 0.3) is 11.7 Å². The first-order valence-electron chi connectivity index (χ1n) is 11.4. The Morgan fingerprint density at radius 1 is 1.09 bits per heavy atom. The molecular formula is C28H29NO6. The number of hydrogen-bond acceptors (Lipinski definition) is 6. The highest BCUT2D eigenvalue weighted by atomic mass is 16.5. The van der Waals surface area contributed by atoms with Crippen molar-refractivity contribution in [2.24, 2.45) is 0 Å². The topological polar surface area (TPSA) is 89.2 Å². The van der Waals surface area contributed by atoms with Gasteiger partial charge in [-0.25, -0.2) is 0 Å². The van der Waals surface area contributed by atoms with Gasteiger partial charge in [0.2, 0.25) is 0 Å². The third kappa shape index (κ3) is 4.41. The number of Topliss-reactive ketones (excluding diaryl/α,β-unsaturated/α-hetero) is 1. The Hall–Kier alpha value is -4.00. The second kappa shape index (κ2) is 9.70. The van der Waals surface area contributed by atoms with Gasteiger partial charge < -0.3 is 23.9 Å². The van der Waals surface area contributed by atoms with Gasteiger partial charge in [0, 0.05) is 5.56 Å². The minimum absolute atomic E-state index is 0.0368. The standard InChI is InChI=1S/C28H29NO6/c1-16(2)21-14-22(17(3)13-23(21)34-5)26(30)24-25(18-8-10-19(33-4)11-9-18)29(28(32)27(24)31)15-20-7-6-12-35-20/h6-14,16,25,30H,15H2,1-5H3/b26-24+. The number of furan rings is 1. The van der Waals surface area contributed by atoms with Gasteiger partial charge in [-0.05, 0) is 65.9 Å². The minimum atomic E-state index is -0.796. The van der Waals surface area contributed by atoms with Crippen LogP contribution in [0, 0.1) is 6.92 Å². The van der Waals surface area contributed by atoms with E-state index in [1.54, 1.807) is 50.6 Å². The Morgan fingerprint density at radius 2 is 1.80 bits per heavy atom. The fraction of sp³-hybridized carbons (Fsp3) is 0.286. The summed E-state index contributed by atoms with van der Waals surface area (Å²) in [5.74, 6) is 0.357. The first kappa shape index (κ1) is 24.1. The van der Waals surface area contributed by atoms with Crippen molar-refractivity contribution in [3.8, 4) is 11.5 Å². The Morgan fingerprint density at radius 3 is 2.37 bits per heavy atom. The molecule has 1 saturated heterocycles. The van der Waals surface area contributed by atoms with Gasteiger partial charge in [-0.1, -0.05) is 26.0 Å². The molecular weight excluding hydrogens is 446 g/mol. The molecule has 182 valence electrons. The molecule has 3 aromatic rings. The summed E-state index contributed by atoms with van der Waals surface area (Å²) in [5, 5.41) is 11.5. The highest BCUT2D eigenvalue weighted by Gasteiger charge is 2.46. The highest BCUT2D eigenvalue weighted by molar-refractivity contribution is 6.46. The van der Waals surface area contributed by atoms with E-state index < -0.39 is 17.7 Å². The number of likely N-dealkylation sites (tertiary alicyclic amines) is 1. The number of carbonyl (C=O) groups excluding carboxylic acids is 2. The Balaban J connectivity index is 1.91. The summed E-state index contributed by atoms with van der Waals surface area (Å²) in [6, 6.07) is 13.4. The number of hydrogen-bond donors (Lipinski definition) is 1. The molecule has 1 aromatic heterocycles. The summed E-state index contributed by atoms with van der Waals surface area (Å²) < 4.78 is 16.2. The normalized spacial score (nSPS) is 17.3. The lowest BCUT2D eigenvalue weighted by Crippen LogP contribution is -2.29. The predicted molar refractivity (Wildman–Crippen MR) is 131 cm³/mol. The molecule has 0 saturated carbocycles. The summed E-state index contributed by atoms with van der Waals surface area (Å²) >= 11 is 0. The maximum absolute atomic E-state index is 13.3. The summed E-state index contributed by atoms with van der Waals surface area (Å²) in [5.41, 5.74) is 2.83. The summed E-state index contributed by atoms with van der Waals surface area (Å²) in [7, 11) is 3.17. The molecule has 1 aliphatic rings. The van der Waals surface area contributed by atoms with Gasteiger partial charge in [0.05, 0.1) is 38.6 Å². The number of aryl methyl sites for hydroxylation is 1. The van der Waals surface area contributed by atoms with Crippen LogP contribution in [0.4, 0.5) is 0 Å². The first-order chi connectivity index (χ1) is 16.8. The van der Waals surface area contributed by atoms with Crippen LogP contribution >= 0.6 is 0 Å². The maximum Gasteiger partial charge on any atom is 0.296 e. The number of aliphatic hydroxyl groups excluding tert-OH is 1. The van der Waals surface area contributed by atoms with Gasteiger partial charge in [-0.3, -0.25) is 9.59 Å². The lowest BCUT2D eigenvalue weighted by molar-refractivity contribution is -0.140. The highest BCUT2D eigenvalue weighted by Crippen LogP contribution is 2.42. The first-order valence-corrected chi connectivity index (χ1v) is 11.4. The van der Waals surface area contributed by atoms with E-state index in [1.807, 2.05) is 32.9 Å². The molecule has 1 fully saturated rings. The molecule has 4 rings (SSSR count). The quantitative estimate of drug-likeness (QED) is 0.281. The van der Waals surface area contributed by atoms with Crippen LogP contribution < -0.4 is 9.47 Å². The molecule has 35 heavy (non-hydrogen) atoms. The van der Waals surface area contributed by atoms with Gasteiger partial charge in [0.15, 0.2) is 0 Å². The zero-order valence-electron chi connectivity index (χ0n) is 20.5.